The maximum absolute atomic E-state index is 11.4. The number of nitrogen functional groups attached to an aromatic ring is 1. The number of anilines is 1. The zero-order valence-corrected chi connectivity index (χ0v) is 8.52. The molecule has 0 amide bonds. The van der Waals surface area contributed by atoms with Crippen LogP contribution < -0.4 is 5.73 Å². The molecule has 0 aliphatic carbocycles. The lowest BCUT2D eigenvalue weighted by Gasteiger charge is -2.04. The van der Waals surface area contributed by atoms with Gasteiger partial charge in [0.1, 0.15) is 0 Å². The number of carbonyl (C=O) groups is 1. The van der Waals surface area contributed by atoms with Crippen LogP contribution in [0.25, 0.3) is 10.9 Å². The molecule has 0 saturated heterocycles. The molecule has 0 bridgehead atoms. The van der Waals surface area contributed by atoms with Crippen LogP contribution in [0.5, 0.6) is 0 Å². The third-order valence-electron chi connectivity index (χ3n) is 2.38. The maximum Gasteiger partial charge on any atom is 0.339 e. The smallest absolute Gasteiger partial charge is 0.339 e. The van der Waals surface area contributed by atoms with Gasteiger partial charge in [0, 0.05) is 12.4 Å². The largest absolute Gasteiger partial charge is 0.465 e. The van der Waals surface area contributed by atoms with Crippen molar-refractivity contribution in [1.82, 2.24) is 9.78 Å². The zero-order chi connectivity index (χ0) is 11.0. The topological polar surface area (TPSA) is 70.1 Å². The van der Waals surface area contributed by atoms with E-state index in [9.17, 15) is 4.79 Å². The number of aromatic nitrogens is 2. The van der Waals surface area contributed by atoms with Gasteiger partial charge >= 0.3 is 5.97 Å². The molecule has 5 heteroatoms. The molecular formula is C10H11N3O2. The van der Waals surface area contributed by atoms with E-state index in [1.54, 1.807) is 23.0 Å². The van der Waals surface area contributed by atoms with Crippen molar-refractivity contribution in [3.63, 3.8) is 0 Å². The molecule has 2 N–H and O–H groups in total. The van der Waals surface area contributed by atoms with E-state index in [4.69, 9.17) is 5.73 Å². The van der Waals surface area contributed by atoms with Crippen molar-refractivity contribution in [2.24, 2.45) is 7.05 Å². The van der Waals surface area contributed by atoms with Crippen LogP contribution in [0.4, 0.5) is 5.69 Å². The number of methoxy groups -OCH3 is 1. The molecule has 0 unspecified atom stereocenters. The number of fused-ring (bicyclic) bond motifs is 1. The number of nitrogens with two attached hydrogens (primary N) is 1. The van der Waals surface area contributed by atoms with Crippen molar-refractivity contribution in [1.29, 1.82) is 0 Å². The van der Waals surface area contributed by atoms with Crippen LogP contribution >= 0.6 is 0 Å². The highest BCUT2D eigenvalue weighted by molar-refractivity contribution is 6.04. The predicted molar refractivity (Wildman–Crippen MR) is 56.5 cm³/mol. The Bertz CT molecular complexity index is 531. The normalized spacial score (nSPS) is 10.5. The average molecular weight is 205 g/mol. The summed E-state index contributed by atoms with van der Waals surface area (Å²) in [6, 6.07) is 3.44. The molecule has 0 aliphatic rings. The second-order valence-corrected chi connectivity index (χ2v) is 3.22. The minimum absolute atomic E-state index is 0.373. The maximum atomic E-state index is 11.4. The molecular weight excluding hydrogens is 194 g/mol. The lowest BCUT2D eigenvalue weighted by molar-refractivity contribution is 0.0602. The van der Waals surface area contributed by atoms with Gasteiger partial charge in [0.05, 0.1) is 30.1 Å². The number of rotatable bonds is 1. The third-order valence-corrected chi connectivity index (χ3v) is 2.38. The van der Waals surface area contributed by atoms with Crippen molar-refractivity contribution < 1.29 is 9.53 Å². The first-order valence-electron chi connectivity index (χ1n) is 4.43. The predicted octanol–water partition coefficient (Wildman–Crippen LogP) is 0.942. The monoisotopic (exact) mass is 205 g/mol. The van der Waals surface area contributed by atoms with E-state index in [1.807, 2.05) is 7.05 Å². The van der Waals surface area contributed by atoms with Crippen LogP contribution in [0.3, 0.4) is 0 Å². The third kappa shape index (κ3) is 1.32. The van der Waals surface area contributed by atoms with E-state index in [0.29, 0.717) is 11.3 Å². The number of hydrogen-bond acceptors (Lipinski definition) is 4. The fraction of sp³-hybridized carbons (Fsp3) is 0.200. The van der Waals surface area contributed by atoms with E-state index in [-0.39, 0.29) is 0 Å². The first kappa shape index (κ1) is 9.51. The summed E-state index contributed by atoms with van der Waals surface area (Å²) in [5, 5.41) is 4.83. The summed E-state index contributed by atoms with van der Waals surface area (Å²) in [7, 11) is 3.15. The first-order chi connectivity index (χ1) is 7.15. The Morgan fingerprint density at radius 3 is 2.93 bits per heavy atom. The van der Waals surface area contributed by atoms with E-state index < -0.39 is 5.97 Å². The van der Waals surface area contributed by atoms with Crippen molar-refractivity contribution in [2.75, 3.05) is 12.8 Å². The molecule has 2 aromatic rings. The Morgan fingerprint density at radius 2 is 2.27 bits per heavy atom. The summed E-state index contributed by atoms with van der Waals surface area (Å²) in [5.74, 6) is -0.432. The van der Waals surface area contributed by atoms with Gasteiger partial charge in [-0.25, -0.2) is 4.79 Å². The van der Waals surface area contributed by atoms with Gasteiger partial charge in [0.15, 0.2) is 0 Å². The molecule has 1 heterocycles. The Balaban J connectivity index is 2.71. The van der Waals surface area contributed by atoms with E-state index in [0.717, 1.165) is 10.9 Å². The fourth-order valence-corrected chi connectivity index (χ4v) is 1.54. The second kappa shape index (κ2) is 3.27. The summed E-state index contributed by atoms with van der Waals surface area (Å²) in [6.45, 7) is 0. The lowest BCUT2D eigenvalue weighted by Crippen LogP contribution is -2.05. The standard InChI is InChI=1S/C10H11N3O2/c1-13-8-4-3-6(10(14)15-2)9(11)7(8)5-12-13/h3-5H,11H2,1-2H3. The van der Waals surface area contributed by atoms with Crippen LogP contribution in [-0.4, -0.2) is 22.9 Å². The Kier molecular flexibility index (Phi) is 2.07. The summed E-state index contributed by atoms with van der Waals surface area (Å²) in [6.07, 6.45) is 1.64. The summed E-state index contributed by atoms with van der Waals surface area (Å²) >= 11 is 0. The van der Waals surface area contributed by atoms with Crippen molar-refractivity contribution >= 4 is 22.6 Å². The van der Waals surface area contributed by atoms with Gasteiger partial charge < -0.3 is 10.5 Å². The molecule has 1 aromatic heterocycles. The van der Waals surface area contributed by atoms with Crippen LogP contribution in [0.1, 0.15) is 10.4 Å². The molecule has 0 saturated carbocycles. The molecule has 2 rings (SSSR count). The van der Waals surface area contributed by atoms with Gasteiger partial charge in [-0.1, -0.05) is 0 Å². The minimum Gasteiger partial charge on any atom is -0.465 e. The molecule has 78 valence electrons. The number of nitrogens with zero attached hydrogens (tertiary/aromatic N) is 2. The van der Waals surface area contributed by atoms with Gasteiger partial charge in [-0.2, -0.15) is 5.10 Å². The highest BCUT2D eigenvalue weighted by Gasteiger charge is 2.13. The van der Waals surface area contributed by atoms with E-state index >= 15 is 0 Å². The highest BCUT2D eigenvalue weighted by Crippen LogP contribution is 2.24. The average Bonchev–Trinajstić information content (AvgIpc) is 2.61. The van der Waals surface area contributed by atoms with Gasteiger partial charge in [-0.3, -0.25) is 4.68 Å². The highest BCUT2D eigenvalue weighted by atomic mass is 16.5. The number of carbonyl (C=O) groups excluding carboxylic acids is 1. The number of benzene rings is 1. The summed E-state index contributed by atoms with van der Waals surface area (Å²) in [5.41, 5.74) is 7.53. The van der Waals surface area contributed by atoms with Gasteiger partial charge in [-0.05, 0) is 12.1 Å². The zero-order valence-electron chi connectivity index (χ0n) is 8.52. The van der Waals surface area contributed by atoms with Gasteiger partial charge in [-0.15, -0.1) is 0 Å². The van der Waals surface area contributed by atoms with Gasteiger partial charge in [0.25, 0.3) is 0 Å². The number of esters is 1. The lowest BCUT2D eigenvalue weighted by atomic mass is 10.1. The van der Waals surface area contributed by atoms with E-state index in [1.165, 1.54) is 7.11 Å². The van der Waals surface area contributed by atoms with Crippen LogP contribution in [0.15, 0.2) is 18.3 Å². The Morgan fingerprint density at radius 1 is 1.53 bits per heavy atom. The number of aryl methyl sites for hydroxylation is 1. The SMILES string of the molecule is COC(=O)c1ccc2c(cnn2C)c1N. The summed E-state index contributed by atoms with van der Waals surface area (Å²) in [4.78, 5) is 11.4. The minimum atomic E-state index is -0.432. The first-order valence-corrected chi connectivity index (χ1v) is 4.43. The van der Waals surface area contributed by atoms with Gasteiger partial charge in [0.2, 0.25) is 0 Å². The molecule has 0 radical (unpaired) electrons. The van der Waals surface area contributed by atoms with Crippen molar-refractivity contribution in [2.45, 2.75) is 0 Å². The molecule has 0 spiro atoms. The number of hydrogen-bond donors (Lipinski definition) is 1. The van der Waals surface area contributed by atoms with Crippen molar-refractivity contribution in [3.8, 4) is 0 Å². The number of ether oxygens (including phenoxy) is 1. The fourth-order valence-electron chi connectivity index (χ4n) is 1.54. The van der Waals surface area contributed by atoms with Crippen LogP contribution in [0, 0.1) is 0 Å². The second-order valence-electron chi connectivity index (χ2n) is 3.22. The molecule has 0 fully saturated rings. The Labute approximate surface area is 86.4 Å². The molecule has 1 aromatic carbocycles. The van der Waals surface area contributed by atoms with Crippen LogP contribution in [-0.2, 0) is 11.8 Å². The molecule has 0 atom stereocenters. The molecule has 5 nitrogen and oxygen atoms in total. The van der Waals surface area contributed by atoms with Crippen LogP contribution in [0.2, 0.25) is 0 Å². The Hall–Kier alpha value is -2.04. The van der Waals surface area contributed by atoms with Crippen molar-refractivity contribution in [3.05, 3.63) is 23.9 Å². The molecule has 15 heavy (non-hydrogen) atoms. The van der Waals surface area contributed by atoms with E-state index in [2.05, 4.69) is 9.84 Å². The quantitative estimate of drug-likeness (QED) is 0.555. The summed E-state index contributed by atoms with van der Waals surface area (Å²) < 4.78 is 6.33. The molecule has 0 aliphatic heterocycles.